The van der Waals surface area contributed by atoms with E-state index in [1.165, 1.54) is 175 Å². The molecule has 0 bridgehead atoms. The van der Waals surface area contributed by atoms with Crippen LogP contribution in [-0.4, -0.2) is 20.1 Å². The standard InChI is InChI=1S/C30H17BOS.C26H15BS.C24H13BS2/c1-2-7-18(8-3-1)21-13-14-25-23(15-21)22-11-6-12-27-28(22)31(25)30-29(33-27)24-16-19-9-4-5-10-20(19)17-26(24)32-30;1-3-11-19-16(8-1)17-9-2-4-12-21(17)26-25(19)27-22-14-6-5-10-18(22)20-13-7-15-23(28-26)24(20)27;1-3-9-17-14(6-1)15-8-5-11-21-23(15)25(17)18-12-13-20-22(24(18)27-21)16-7-2-4-10-19(16)26-20/h1-17H;1-15H;1-13H. The lowest BCUT2D eigenvalue weighted by atomic mass is 9.38. The number of fused-ring (bicyclic) bond motifs is 27. The smallest absolute Gasteiger partial charge is 0.291 e. The van der Waals surface area contributed by atoms with Crippen LogP contribution in [0.1, 0.15) is 0 Å². The van der Waals surface area contributed by atoms with Gasteiger partial charge in [0.05, 0.1) is 10.6 Å². The van der Waals surface area contributed by atoms with E-state index >= 15 is 0 Å². The maximum Gasteiger partial charge on any atom is 0.291 e. The van der Waals surface area contributed by atoms with Gasteiger partial charge in [0.15, 0.2) is 0 Å². The van der Waals surface area contributed by atoms with Gasteiger partial charge in [-0.05, 0) is 147 Å². The molecule has 0 spiro atoms. The molecule has 0 radical (unpaired) electrons. The minimum atomic E-state index is 0.155. The summed E-state index contributed by atoms with van der Waals surface area (Å²) in [5, 5.41) is 12.0. The van der Waals surface area contributed by atoms with Gasteiger partial charge in [-0.3, -0.25) is 0 Å². The molecule has 0 aliphatic carbocycles. The number of hydrogen-bond acceptors (Lipinski definition) is 5. The second kappa shape index (κ2) is 19.2. The molecule has 2 aromatic heterocycles. The van der Waals surface area contributed by atoms with Crippen LogP contribution in [0.15, 0.2) is 307 Å². The molecule has 0 fully saturated rings. The predicted molar refractivity (Wildman–Crippen MR) is 382 cm³/mol. The molecular formula is C80H45B3OS4. The molecule has 8 heterocycles. The quantitative estimate of drug-likeness (QED) is 0.120. The van der Waals surface area contributed by atoms with Gasteiger partial charge in [0.1, 0.15) is 5.58 Å². The first-order valence-corrected chi connectivity index (χ1v) is 33.6. The van der Waals surface area contributed by atoms with E-state index in [0.29, 0.717) is 13.4 Å². The topological polar surface area (TPSA) is 13.1 Å². The summed E-state index contributed by atoms with van der Waals surface area (Å²) in [7, 11) is 0. The Morgan fingerprint density at radius 1 is 0.273 bits per heavy atom. The third-order valence-corrected chi connectivity index (χ3v) is 24.2. The van der Waals surface area contributed by atoms with Gasteiger partial charge in [0.2, 0.25) is 13.4 Å². The Balaban J connectivity index is 0.0000000935. The van der Waals surface area contributed by atoms with Crippen molar-refractivity contribution < 1.29 is 4.42 Å². The van der Waals surface area contributed by atoms with Crippen LogP contribution < -0.4 is 49.4 Å². The van der Waals surface area contributed by atoms with Gasteiger partial charge in [0, 0.05) is 50.0 Å². The molecule has 0 N–H and O–H groups in total. The van der Waals surface area contributed by atoms with E-state index in [2.05, 4.69) is 273 Å². The fourth-order valence-corrected chi connectivity index (χ4v) is 20.8. The average molecular weight is 1180 g/mol. The van der Waals surface area contributed by atoms with Gasteiger partial charge < -0.3 is 4.42 Å². The SMILES string of the molecule is c1ccc(-c2ccc3c(c2)-c2cccc4c2B3c2oc3cc5ccccc5cc3c2S4)cc1.c1ccc2c(c1)B1c3c(cccc3-2)Sc2c1c1ccccc1c1ccccc21.c1ccc2c(c1)B1c3ccc4sc5ccccc5c4c3Sc3cccc-2c31. The molecule has 0 unspecified atom stereocenters. The van der Waals surface area contributed by atoms with Crippen LogP contribution in [0.2, 0.25) is 0 Å². The monoisotopic (exact) mass is 1180 g/mol. The highest BCUT2D eigenvalue weighted by molar-refractivity contribution is 8.01. The summed E-state index contributed by atoms with van der Waals surface area (Å²) in [6.07, 6.45) is 0. The largest absolute Gasteiger partial charge is 0.469 e. The number of rotatable bonds is 1. The Morgan fingerprint density at radius 3 is 1.53 bits per heavy atom. The maximum absolute atomic E-state index is 6.64. The van der Waals surface area contributed by atoms with Crippen LogP contribution in [0.4, 0.5) is 0 Å². The highest BCUT2D eigenvalue weighted by Gasteiger charge is 2.45. The van der Waals surface area contributed by atoms with Crippen molar-refractivity contribution in [1.82, 2.24) is 0 Å². The van der Waals surface area contributed by atoms with E-state index in [9.17, 15) is 0 Å². The Hall–Kier alpha value is -9.14. The molecule has 404 valence electrons. The molecular weight excluding hydrogens is 1140 g/mol. The van der Waals surface area contributed by atoms with E-state index in [1.54, 1.807) is 0 Å². The third kappa shape index (κ3) is 7.14. The van der Waals surface area contributed by atoms with Crippen molar-refractivity contribution in [2.45, 2.75) is 29.4 Å². The zero-order chi connectivity index (χ0) is 57.3. The molecule has 6 aliphatic rings. The molecule has 88 heavy (non-hydrogen) atoms. The van der Waals surface area contributed by atoms with E-state index in [0.717, 1.165) is 11.2 Å². The van der Waals surface area contributed by atoms with Gasteiger partial charge >= 0.3 is 0 Å². The molecule has 0 atom stereocenters. The Labute approximate surface area is 526 Å². The fraction of sp³-hybridized carbons (Fsp3) is 0. The van der Waals surface area contributed by atoms with Crippen molar-refractivity contribution in [3.63, 3.8) is 0 Å². The average Bonchev–Trinajstić information content (AvgIpc) is 1.60. The molecule has 22 rings (SSSR count). The first-order valence-electron chi connectivity index (χ1n) is 30.3. The zero-order valence-corrected chi connectivity index (χ0v) is 50.5. The summed E-state index contributed by atoms with van der Waals surface area (Å²) in [5.74, 6) is 0. The van der Waals surface area contributed by atoms with Crippen molar-refractivity contribution in [2.24, 2.45) is 0 Å². The summed E-state index contributed by atoms with van der Waals surface area (Å²) in [6.45, 7) is 0.850. The molecule has 0 amide bonds. The van der Waals surface area contributed by atoms with Crippen molar-refractivity contribution in [3.05, 3.63) is 273 Å². The number of thiophene rings is 1. The van der Waals surface area contributed by atoms with Crippen molar-refractivity contribution in [3.8, 4) is 44.5 Å². The first-order chi connectivity index (χ1) is 43.7. The highest BCUT2D eigenvalue weighted by Crippen LogP contribution is 2.47. The molecule has 1 nitrogen and oxygen atoms in total. The summed E-state index contributed by atoms with van der Waals surface area (Å²) < 4.78 is 9.42. The number of hydrogen-bond donors (Lipinski definition) is 0. The van der Waals surface area contributed by atoms with Crippen LogP contribution in [0.25, 0.3) is 108 Å². The van der Waals surface area contributed by atoms with E-state index < -0.39 is 0 Å². The lowest BCUT2D eigenvalue weighted by molar-refractivity contribution is 0.646. The third-order valence-electron chi connectivity index (χ3n) is 19.4. The second-order valence-electron chi connectivity index (χ2n) is 23.9. The van der Waals surface area contributed by atoms with Crippen LogP contribution >= 0.6 is 46.6 Å². The molecule has 0 saturated carbocycles. The molecule has 6 aliphatic heterocycles. The zero-order valence-electron chi connectivity index (χ0n) is 47.3. The lowest BCUT2D eigenvalue weighted by Gasteiger charge is -2.27. The second-order valence-corrected chi connectivity index (χ2v) is 28.1. The van der Waals surface area contributed by atoms with Gasteiger partial charge in [0.25, 0.3) is 6.71 Å². The van der Waals surface area contributed by atoms with Crippen molar-refractivity contribution in [1.29, 1.82) is 0 Å². The van der Waals surface area contributed by atoms with E-state index in [4.69, 9.17) is 4.42 Å². The van der Waals surface area contributed by atoms with Gasteiger partial charge in [-0.2, -0.15) is 0 Å². The highest BCUT2D eigenvalue weighted by atomic mass is 32.2. The fourth-order valence-electron chi connectivity index (χ4n) is 15.8. The maximum atomic E-state index is 6.64. The number of benzene rings is 14. The van der Waals surface area contributed by atoms with Gasteiger partial charge in [-0.15, -0.1) is 11.3 Å². The molecule has 8 heteroatoms. The summed E-state index contributed by atoms with van der Waals surface area (Å²) >= 11 is 7.69. The Morgan fingerprint density at radius 2 is 0.795 bits per heavy atom. The van der Waals surface area contributed by atoms with Gasteiger partial charge in [-0.1, -0.05) is 282 Å². The molecule has 0 saturated heterocycles. The Kier molecular flexibility index (Phi) is 10.9. The Bertz CT molecular complexity index is 5730. The van der Waals surface area contributed by atoms with E-state index in [-0.39, 0.29) is 6.71 Å². The molecule has 14 aromatic carbocycles. The van der Waals surface area contributed by atoms with Crippen LogP contribution in [0, 0.1) is 0 Å². The summed E-state index contributed by atoms with van der Waals surface area (Å²) in [6, 6.07) is 100. The van der Waals surface area contributed by atoms with Crippen LogP contribution in [0.3, 0.4) is 0 Å². The normalized spacial score (nSPS) is 13.5. The first kappa shape index (κ1) is 49.9. The molecule has 16 aromatic rings. The summed E-state index contributed by atoms with van der Waals surface area (Å²) in [4.78, 5) is 8.33. The van der Waals surface area contributed by atoms with Crippen molar-refractivity contribution >= 4 is 180 Å². The summed E-state index contributed by atoms with van der Waals surface area (Å²) in [5.41, 5.74) is 24.5. The number of furan rings is 1. The van der Waals surface area contributed by atoms with Crippen LogP contribution in [-0.2, 0) is 0 Å². The van der Waals surface area contributed by atoms with Gasteiger partial charge in [-0.25, -0.2) is 0 Å². The predicted octanol–water partition coefficient (Wildman–Crippen LogP) is 16.2. The lowest BCUT2D eigenvalue weighted by Crippen LogP contribution is -2.52. The minimum absolute atomic E-state index is 0.155. The minimum Gasteiger partial charge on any atom is -0.469 e. The van der Waals surface area contributed by atoms with Crippen molar-refractivity contribution in [2.75, 3.05) is 0 Å². The van der Waals surface area contributed by atoms with E-state index in [1.807, 2.05) is 46.6 Å². The van der Waals surface area contributed by atoms with Crippen LogP contribution in [0.5, 0.6) is 0 Å².